The van der Waals surface area contributed by atoms with Crippen LogP contribution in [0.1, 0.15) is 135 Å². The molecule has 9 aromatic rings. The van der Waals surface area contributed by atoms with Crippen LogP contribution in [-0.4, -0.2) is 9.55 Å². The Labute approximate surface area is 455 Å². The Morgan fingerprint density at radius 2 is 1.03 bits per heavy atom. The summed E-state index contributed by atoms with van der Waals surface area (Å²) in [5, 5.41) is 2.21. The second-order valence-electron chi connectivity index (χ2n) is 24.0. The summed E-state index contributed by atoms with van der Waals surface area (Å²) in [4.78, 5) is 9.61. The molecule has 0 unspecified atom stereocenters. The molecule has 1 aliphatic heterocycles. The van der Waals surface area contributed by atoms with Gasteiger partial charge < -0.3 is 19.1 Å². The number of fused-ring (bicyclic) bond motifs is 3. The summed E-state index contributed by atoms with van der Waals surface area (Å²) in [6, 6.07) is 66.6. The number of aromatic nitrogens is 2. The average Bonchev–Trinajstić information content (AvgIpc) is 3.96. The first kappa shape index (κ1) is 52.2. The molecular formula is C68H69N4OPt-3. The van der Waals surface area contributed by atoms with E-state index in [0.29, 0.717) is 11.5 Å². The number of pyridine rings is 1. The molecule has 0 radical (unpaired) electrons. The first-order chi connectivity index (χ1) is 34.6. The zero-order valence-electron chi connectivity index (χ0n) is 45.3. The van der Waals surface area contributed by atoms with Crippen LogP contribution < -0.4 is 14.5 Å². The number of rotatable bonds is 10. The number of benzene rings is 7. The number of anilines is 2. The van der Waals surface area contributed by atoms with Crippen molar-refractivity contribution in [3.63, 3.8) is 0 Å². The SMILES string of the molecule is CC(C)(C)c1cc(Oc2[c-]c3c(cc2)c2cc(C(C)(C)c4ccccc4)ccc2n3-c2cc(C(C)(C)c3ccccc3)ccn2)[c-]c(N2C=C(c3ccccc3)N(c3cc(C(C)(C)C)cc(C(C)(C)C)c3)[CH-]2)c1.[Pt]. The largest absolute Gasteiger partial charge is 0.509 e. The standard InChI is InChI=1S/C68H69N4O.Pt/c1-64(2,3)51-35-52(65(4,5)6)38-55(37-51)71-45-70(44-62(71)46-23-17-14-18-24-46)54-36-53(66(7,8)9)39-57(42-54)73-56-30-31-58-59-40-49(67(10,11)47-25-19-15-20-26-47)29-32-60(59)72(61(58)43-56)63-41-50(33-34-69-63)68(12,13)48-27-21-16-22-28-48;/h14-41,44-45H,1-13H3;/q-3;. The van der Waals surface area contributed by atoms with Crippen LogP contribution in [0.3, 0.4) is 0 Å². The summed E-state index contributed by atoms with van der Waals surface area (Å²) in [5.74, 6) is 2.03. The zero-order valence-corrected chi connectivity index (χ0v) is 47.6. The summed E-state index contributed by atoms with van der Waals surface area (Å²) >= 11 is 0. The maximum Gasteiger partial charge on any atom is 0.135 e. The van der Waals surface area contributed by atoms with Crippen molar-refractivity contribution in [2.45, 2.75) is 117 Å². The normalized spacial score (nSPS) is 13.6. The van der Waals surface area contributed by atoms with Gasteiger partial charge in [0.2, 0.25) is 0 Å². The number of ether oxygens (including phenoxy) is 1. The maximum atomic E-state index is 6.99. The quantitative estimate of drug-likeness (QED) is 0.128. The number of hydrogen-bond donors (Lipinski definition) is 0. The van der Waals surface area contributed by atoms with Gasteiger partial charge in [-0.05, 0) is 97.1 Å². The van der Waals surface area contributed by atoms with Gasteiger partial charge in [0, 0.05) is 66.5 Å². The Kier molecular flexibility index (Phi) is 13.8. The van der Waals surface area contributed by atoms with E-state index in [9.17, 15) is 0 Å². The second-order valence-corrected chi connectivity index (χ2v) is 24.0. The smallest absolute Gasteiger partial charge is 0.135 e. The molecule has 0 amide bonds. The first-order valence-electron chi connectivity index (χ1n) is 25.8. The van der Waals surface area contributed by atoms with Crippen molar-refractivity contribution in [1.29, 1.82) is 0 Å². The number of hydrogen-bond acceptors (Lipinski definition) is 4. The van der Waals surface area contributed by atoms with Crippen molar-refractivity contribution in [2.75, 3.05) is 9.80 Å². The van der Waals surface area contributed by atoms with E-state index in [4.69, 9.17) is 9.72 Å². The fourth-order valence-electron chi connectivity index (χ4n) is 10.0. The van der Waals surface area contributed by atoms with E-state index < -0.39 is 0 Å². The molecule has 0 N–H and O–H groups in total. The van der Waals surface area contributed by atoms with E-state index in [-0.39, 0.29) is 48.1 Å². The van der Waals surface area contributed by atoms with Gasteiger partial charge in [-0.2, -0.15) is 6.07 Å². The molecule has 380 valence electrons. The topological polar surface area (TPSA) is 33.5 Å². The monoisotopic (exact) mass is 1150 g/mol. The second kappa shape index (κ2) is 19.5. The Balaban J connectivity index is 0.00000672. The molecular weight excluding hydrogens is 1080 g/mol. The molecule has 0 spiro atoms. The summed E-state index contributed by atoms with van der Waals surface area (Å²) in [6.07, 6.45) is 4.16. The minimum atomic E-state index is -0.263. The fraction of sp³-hybridized carbons (Fsp3) is 0.265. The van der Waals surface area contributed by atoms with E-state index >= 15 is 0 Å². The first-order valence-corrected chi connectivity index (χ1v) is 25.8. The molecule has 0 saturated carbocycles. The maximum absolute atomic E-state index is 6.99. The van der Waals surface area contributed by atoms with Gasteiger partial charge in [0.05, 0.1) is 0 Å². The summed E-state index contributed by atoms with van der Waals surface area (Å²) in [7, 11) is 0. The van der Waals surface area contributed by atoms with Crippen molar-refractivity contribution >= 4 is 38.9 Å². The van der Waals surface area contributed by atoms with Crippen molar-refractivity contribution < 1.29 is 25.8 Å². The van der Waals surface area contributed by atoms with Crippen molar-refractivity contribution in [3.8, 4) is 17.3 Å². The van der Waals surface area contributed by atoms with Gasteiger partial charge >= 0.3 is 0 Å². The van der Waals surface area contributed by atoms with Gasteiger partial charge in [0.15, 0.2) is 0 Å². The predicted octanol–water partition coefficient (Wildman–Crippen LogP) is 17.6. The van der Waals surface area contributed by atoms with Gasteiger partial charge in [-0.1, -0.05) is 205 Å². The van der Waals surface area contributed by atoms with Gasteiger partial charge in [0.25, 0.3) is 0 Å². The Morgan fingerprint density at radius 1 is 0.473 bits per heavy atom. The van der Waals surface area contributed by atoms with Crippen molar-refractivity contribution in [2.24, 2.45) is 0 Å². The summed E-state index contributed by atoms with van der Waals surface area (Å²) in [5.41, 5.74) is 14.0. The van der Waals surface area contributed by atoms with E-state index in [0.717, 1.165) is 55.8 Å². The van der Waals surface area contributed by atoms with Crippen LogP contribution >= 0.6 is 0 Å². The van der Waals surface area contributed by atoms with E-state index in [2.05, 4.69) is 287 Å². The molecule has 10 rings (SSSR count). The van der Waals surface area contributed by atoms with Crippen LogP contribution in [0.25, 0.3) is 33.3 Å². The Hall–Kier alpha value is -6.68. The third-order valence-electron chi connectivity index (χ3n) is 15.0. The summed E-state index contributed by atoms with van der Waals surface area (Å²) in [6.45, 7) is 31.9. The minimum Gasteiger partial charge on any atom is -0.509 e. The third kappa shape index (κ3) is 10.1. The molecule has 0 atom stereocenters. The molecule has 0 fully saturated rings. The molecule has 3 heterocycles. The van der Waals surface area contributed by atoms with Crippen LogP contribution in [0.15, 0.2) is 176 Å². The third-order valence-corrected chi connectivity index (χ3v) is 15.0. The van der Waals surface area contributed by atoms with Gasteiger partial charge in [-0.3, -0.25) is 0 Å². The molecule has 6 heteroatoms. The molecule has 1 aliphatic rings. The number of nitrogens with zero attached hydrogens (tertiary/aromatic N) is 4. The van der Waals surface area contributed by atoms with E-state index in [1.807, 2.05) is 12.3 Å². The van der Waals surface area contributed by atoms with Crippen LogP contribution in [0.5, 0.6) is 11.5 Å². The van der Waals surface area contributed by atoms with Crippen LogP contribution in [0.4, 0.5) is 11.4 Å². The molecule has 2 aromatic heterocycles. The van der Waals surface area contributed by atoms with Crippen LogP contribution in [-0.2, 0) is 48.1 Å². The molecule has 74 heavy (non-hydrogen) atoms. The van der Waals surface area contributed by atoms with Crippen molar-refractivity contribution in [3.05, 3.63) is 239 Å². The molecule has 7 aromatic carbocycles. The fourth-order valence-corrected chi connectivity index (χ4v) is 10.0. The van der Waals surface area contributed by atoms with E-state index in [1.54, 1.807) is 0 Å². The molecule has 5 nitrogen and oxygen atoms in total. The van der Waals surface area contributed by atoms with E-state index in [1.165, 1.54) is 33.4 Å². The van der Waals surface area contributed by atoms with Gasteiger partial charge in [-0.25, -0.2) is 4.98 Å². The minimum absolute atomic E-state index is 0. The summed E-state index contributed by atoms with van der Waals surface area (Å²) < 4.78 is 9.25. The molecule has 0 aliphatic carbocycles. The van der Waals surface area contributed by atoms with Crippen LogP contribution in [0.2, 0.25) is 0 Å². The predicted molar refractivity (Wildman–Crippen MR) is 306 cm³/mol. The Morgan fingerprint density at radius 3 is 1.61 bits per heavy atom. The molecule has 0 saturated heterocycles. The average molecular weight is 1150 g/mol. The van der Waals surface area contributed by atoms with Crippen LogP contribution in [0, 0.1) is 18.8 Å². The Bertz CT molecular complexity index is 3480. The van der Waals surface area contributed by atoms with Crippen molar-refractivity contribution in [1.82, 2.24) is 9.55 Å². The molecule has 0 bridgehead atoms. The van der Waals surface area contributed by atoms with Gasteiger partial charge in [0.1, 0.15) is 5.82 Å². The zero-order chi connectivity index (χ0) is 51.7. The van der Waals surface area contributed by atoms with Gasteiger partial charge in [-0.15, -0.1) is 53.6 Å².